The van der Waals surface area contributed by atoms with Crippen molar-refractivity contribution < 1.29 is 33.7 Å². The van der Waals surface area contributed by atoms with Crippen LogP contribution in [0.15, 0.2) is 48.5 Å². The second-order valence-corrected chi connectivity index (χ2v) is 6.46. The summed E-state index contributed by atoms with van der Waals surface area (Å²) < 4.78 is 15.0. The first-order valence-corrected chi connectivity index (χ1v) is 9.34. The molecule has 1 atom stereocenters. The molecular formula is C22H25NO7. The number of rotatable bonds is 10. The lowest BCUT2D eigenvalue weighted by Gasteiger charge is -2.16. The topological polar surface area (TPSA) is 111 Å². The molecule has 0 spiro atoms. The average molecular weight is 415 g/mol. The van der Waals surface area contributed by atoms with Crippen molar-refractivity contribution >= 4 is 17.8 Å². The van der Waals surface area contributed by atoms with Crippen molar-refractivity contribution in [2.24, 2.45) is 0 Å². The average Bonchev–Trinajstić information content (AvgIpc) is 2.79. The summed E-state index contributed by atoms with van der Waals surface area (Å²) in [6, 6.07) is 12.9. The number of aliphatic hydroxyl groups excluding tert-OH is 1. The van der Waals surface area contributed by atoms with Gasteiger partial charge in [-0.05, 0) is 41.8 Å². The van der Waals surface area contributed by atoms with Crippen LogP contribution in [-0.2, 0) is 32.3 Å². The summed E-state index contributed by atoms with van der Waals surface area (Å²) >= 11 is 0. The molecule has 0 aromatic heterocycles. The number of hydrogen-bond acceptors (Lipinski definition) is 7. The zero-order valence-electron chi connectivity index (χ0n) is 16.9. The van der Waals surface area contributed by atoms with Gasteiger partial charge in [-0.1, -0.05) is 24.3 Å². The highest BCUT2D eigenvalue weighted by atomic mass is 16.5. The Morgan fingerprint density at radius 3 is 2.37 bits per heavy atom. The Kier molecular flexibility index (Phi) is 8.83. The standard InChI is InChI=1S/C22H25NO7/c1-28-20(25)11-10-19(22(27)29-2)23-21(26)17-5-3-4-16(12-17)14-30-18-8-6-15(13-24)7-9-18/h3-9,12,19,24H,10-11,13-14H2,1-2H3,(H,23,26)/t19-/m1/s1. The molecule has 0 radical (unpaired) electrons. The molecule has 30 heavy (non-hydrogen) atoms. The molecule has 0 unspecified atom stereocenters. The number of methoxy groups -OCH3 is 2. The molecule has 8 heteroatoms. The van der Waals surface area contributed by atoms with E-state index in [0.29, 0.717) is 11.3 Å². The third-order valence-corrected chi connectivity index (χ3v) is 4.36. The molecule has 160 valence electrons. The van der Waals surface area contributed by atoms with E-state index >= 15 is 0 Å². The Morgan fingerprint density at radius 1 is 1.00 bits per heavy atom. The quantitative estimate of drug-likeness (QED) is 0.571. The number of esters is 2. The molecule has 2 aromatic rings. The van der Waals surface area contributed by atoms with Crippen molar-refractivity contribution in [2.75, 3.05) is 14.2 Å². The summed E-state index contributed by atoms with van der Waals surface area (Å²) in [6.45, 7) is 0.200. The van der Waals surface area contributed by atoms with Gasteiger partial charge in [0.05, 0.1) is 20.8 Å². The lowest BCUT2D eigenvalue weighted by atomic mass is 10.1. The van der Waals surface area contributed by atoms with Gasteiger partial charge in [0, 0.05) is 12.0 Å². The van der Waals surface area contributed by atoms with E-state index in [9.17, 15) is 14.4 Å². The summed E-state index contributed by atoms with van der Waals surface area (Å²) in [7, 11) is 2.47. The Labute approximate surface area is 174 Å². The van der Waals surface area contributed by atoms with Crippen molar-refractivity contribution in [3.63, 3.8) is 0 Å². The molecule has 0 heterocycles. The minimum Gasteiger partial charge on any atom is -0.489 e. The van der Waals surface area contributed by atoms with Crippen LogP contribution in [0.3, 0.4) is 0 Å². The molecule has 0 aliphatic rings. The third kappa shape index (κ3) is 6.89. The van der Waals surface area contributed by atoms with Crippen LogP contribution in [-0.4, -0.2) is 43.2 Å². The SMILES string of the molecule is COC(=O)CC[C@@H](NC(=O)c1cccc(COc2ccc(CO)cc2)c1)C(=O)OC. The minimum absolute atomic E-state index is 0.0283. The maximum Gasteiger partial charge on any atom is 0.328 e. The van der Waals surface area contributed by atoms with Gasteiger partial charge in [-0.2, -0.15) is 0 Å². The molecule has 2 rings (SSSR count). The van der Waals surface area contributed by atoms with Crippen LogP contribution in [0.4, 0.5) is 0 Å². The van der Waals surface area contributed by atoms with E-state index in [1.54, 1.807) is 42.5 Å². The Bertz CT molecular complexity index is 864. The number of amides is 1. The molecule has 0 aliphatic carbocycles. The van der Waals surface area contributed by atoms with Gasteiger partial charge in [-0.15, -0.1) is 0 Å². The van der Waals surface area contributed by atoms with E-state index in [0.717, 1.165) is 11.1 Å². The second-order valence-electron chi connectivity index (χ2n) is 6.46. The molecule has 0 aliphatic heterocycles. The molecule has 2 N–H and O–H groups in total. The number of carbonyl (C=O) groups is 3. The molecule has 0 saturated heterocycles. The van der Waals surface area contributed by atoms with E-state index in [1.807, 2.05) is 6.07 Å². The van der Waals surface area contributed by atoms with Crippen molar-refractivity contribution in [3.8, 4) is 5.75 Å². The zero-order chi connectivity index (χ0) is 21.9. The van der Waals surface area contributed by atoms with E-state index in [1.165, 1.54) is 14.2 Å². The normalized spacial score (nSPS) is 11.3. The van der Waals surface area contributed by atoms with Gasteiger partial charge < -0.3 is 24.6 Å². The number of hydrogen-bond donors (Lipinski definition) is 2. The summed E-state index contributed by atoms with van der Waals surface area (Å²) in [6.07, 6.45) is 0.0389. The van der Waals surface area contributed by atoms with Crippen LogP contribution >= 0.6 is 0 Å². The van der Waals surface area contributed by atoms with Crippen LogP contribution in [0.5, 0.6) is 5.75 Å². The summed E-state index contributed by atoms with van der Waals surface area (Å²) in [5.74, 6) is -0.956. The fraction of sp³-hybridized carbons (Fsp3) is 0.318. The zero-order valence-corrected chi connectivity index (χ0v) is 16.9. The maximum absolute atomic E-state index is 12.6. The minimum atomic E-state index is -0.966. The van der Waals surface area contributed by atoms with Gasteiger partial charge in [-0.25, -0.2) is 4.79 Å². The predicted octanol–water partition coefficient (Wildman–Crippen LogP) is 1.98. The van der Waals surface area contributed by atoms with Crippen molar-refractivity contribution in [1.82, 2.24) is 5.32 Å². The smallest absolute Gasteiger partial charge is 0.328 e. The second kappa shape index (κ2) is 11.6. The number of nitrogens with one attached hydrogen (secondary N) is 1. The maximum atomic E-state index is 12.6. The van der Waals surface area contributed by atoms with Crippen LogP contribution in [0.1, 0.15) is 34.3 Å². The van der Waals surface area contributed by atoms with Gasteiger partial charge in [0.15, 0.2) is 0 Å². The van der Waals surface area contributed by atoms with Crippen LogP contribution in [0, 0.1) is 0 Å². The number of carbonyl (C=O) groups excluding carboxylic acids is 3. The third-order valence-electron chi connectivity index (χ3n) is 4.36. The van der Waals surface area contributed by atoms with E-state index < -0.39 is 23.9 Å². The Balaban J connectivity index is 2.00. The molecular weight excluding hydrogens is 390 g/mol. The first-order valence-electron chi connectivity index (χ1n) is 9.34. The van der Waals surface area contributed by atoms with Crippen LogP contribution in [0.2, 0.25) is 0 Å². The summed E-state index contributed by atoms with van der Waals surface area (Å²) in [5.41, 5.74) is 1.89. The molecule has 0 bridgehead atoms. The Hall–Kier alpha value is -3.39. The van der Waals surface area contributed by atoms with E-state index in [-0.39, 0.29) is 26.1 Å². The van der Waals surface area contributed by atoms with E-state index in [4.69, 9.17) is 14.6 Å². The number of aliphatic hydroxyl groups is 1. The van der Waals surface area contributed by atoms with Crippen molar-refractivity contribution in [3.05, 3.63) is 65.2 Å². The highest BCUT2D eigenvalue weighted by Gasteiger charge is 2.23. The largest absolute Gasteiger partial charge is 0.489 e. The highest BCUT2D eigenvalue weighted by Crippen LogP contribution is 2.15. The number of benzene rings is 2. The highest BCUT2D eigenvalue weighted by molar-refractivity contribution is 5.97. The molecule has 2 aromatic carbocycles. The van der Waals surface area contributed by atoms with E-state index in [2.05, 4.69) is 10.1 Å². The first kappa shape index (κ1) is 22.9. The monoisotopic (exact) mass is 415 g/mol. The molecule has 0 fully saturated rings. The molecule has 1 amide bonds. The van der Waals surface area contributed by atoms with Gasteiger partial charge in [0.1, 0.15) is 18.4 Å². The summed E-state index contributed by atoms with van der Waals surface area (Å²) in [4.78, 5) is 35.9. The van der Waals surface area contributed by atoms with Gasteiger partial charge in [-0.3, -0.25) is 9.59 Å². The van der Waals surface area contributed by atoms with Gasteiger partial charge in [0.2, 0.25) is 0 Å². The fourth-order valence-corrected chi connectivity index (χ4v) is 2.66. The first-order chi connectivity index (χ1) is 14.5. The molecule has 8 nitrogen and oxygen atoms in total. The molecule has 0 saturated carbocycles. The fourth-order valence-electron chi connectivity index (χ4n) is 2.66. The van der Waals surface area contributed by atoms with Gasteiger partial charge >= 0.3 is 11.9 Å². The number of ether oxygens (including phenoxy) is 3. The lowest BCUT2D eigenvalue weighted by Crippen LogP contribution is -2.41. The van der Waals surface area contributed by atoms with Crippen molar-refractivity contribution in [2.45, 2.75) is 32.1 Å². The van der Waals surface area contributed by atoms with Crippen LogP contribution < -0.4 is 10.1 Å². The Morgan fingerprint density at radius 2 is 1.73 bits per heavy atom. The van der Waals surface area contributed by atoms with Crippen LogP contribution in [0.25, 0.3) is 0 Å². The van der Waals surface area contributed by atoms with Gasteiger partial charge in [0.25, 0.3) is 5.91 Å². The van der Waals surface area contributed by atoms with Crippen molar-refractivity contribution in [1.29, 1.82) is 0 Å². The lowest BCUT2D eigenvalue weighted by molar-refractivity contribution is -0.144. The summed E-state index contributed by atoms with van der Waals surface area (Å²) in [5, 5.41) is 11.7. The predicted molar refractivity (Wildman–Crippen MR) is 108 cm³/mol.